The molecule has 31 heavy (non-hydrogen) atoms. The minimum atomic E-state index is -3.75. The van der Waals surface area contributed by atoms with Gasteiger partial charge in [-0.1, -0.05) is 65.4 Å². The van der Waals surface area contributed by atoms with Gasteiger partial charge in [0.2, 0.25) is 10.0 Å². The Morgan fingerprint density at radius 3 is 2.48 bits per heavy atom. The van der Waals surface area contributed by atoms with Crippen LogP contribution in [0, 0.1) is 13.8 Å². The molecule has 1 N–H and O–H groups in total. The van der Waals surface area contributed by atoms with E-state index in [4.69, 9.17) is 0 Å². The molecule has 3 aromatic carbocycles. The Morgan fingerprint density at radius 2 is 1.74 bits per heavy atom. The molecule has 0 radical (unpaired) electrons. The van der Waals surface area contributed by atoms with Gasteiger partial charge in [0, 0.05) is 6.04 Å². The number of hydrogen-bond acceptors (Lipinski definition) is 4. The van der Waals surface area contributed by atoms with E-state index in [9.17, 15) is 13.2 Å². The first-order valence-corrected chi connectivity index (χ1v) is 12.3. The molecule has 0 saturated heterocycles. The second-order valence-corrected chi connectivity index (χ2v) is 10.5. The summed E-state index contributed by atoms with van der Waals surface area (Å²) in [4.78, 5) is 12.6. The Balaban J connectivity index is 1.65. The normalized spacial score (nSPS) is 12.9. The molecule has 0 bridgehead atoms. The molecule has 5 nitrogen and oxygen atoms in total. The minimum absolute atomic E-state index is 0.106. The van der Waals surface area contributed by atoms with Crippen molar-refractivity contribution in [2.24, 2.45) is 0 Å². The highest BCUT2D eigenvalue weighted by Crippen LogP contribution is 2.25. The van der Waals surface area contributed by atoms with Crippen LogP contribution in [-0.2, 0) is 16.6 Å². The van der Waals surface area contributed by atoms with E-state index in [0.717, 1.165) is 39.1 Å². The van der Waals surface area contributed by atoms with Gasteiger partial charge < -0.3 is 0 Å². The van der Waals surface area contributed by atoms with E-state index >= 15 is 0 Å². The maximum Gasteiger partial charge on any atom is 0.308 e. The number of thiazole rings is 1. The minimum Gasteiger partial charge on any atom is -0.294 e. The first kappa shape index (κ1) is 21.5. The van der Waals surface area contributed by atoms with Gasteiger partial charge in [-0.2, -0.15) is 0 Å². The van der Waals surface area contributed by atoms with Crippen LogP contribution in [0.3, 0.4) is 0 Å². The largest absolute Gasteiger partial charge is 0.308 e. The summed E-state index contributed by atoms with van der Waals surface area (Å²) in [5.74, 6) is 0. The van der Waals surface area contributed by atoms with Gasteiger partial charge in [-0.05, 0) is 55.7 Å². The molecule has 0 spiro atoms. The SMILES string of the molecule is Cc1ccc(C)c(C(C)NS(=O)(=O)c2ccc3c(c2)sc(=O)n3Cc2ccccc2)c1. The van der Waals surface area contributed by atoms with E-state index in [1.807, 2.05) is 69.3 Å². The Hall–Kier alpha value is -2.74. The van der Waals surface area contributed by atoms with Crippen LogP contribution in [0.5, 0.6) is 0 Å². The lowest BCUT2D eigenvalue weighted by molar-refractivity contribution is 0.566. The fourth-order valence-electron chi connectivity index (χ4n) is 3.72. The second-order valence-electron chi connectivity index (χ2n) is 7.77. The van der Waals surface area contributed by atoms with Gasteiger partial charge in [0.05, 0.1) is 21.7 Å². The lowest BCUT2D eigenvalue weighted by Gasteiger charge is -2.17. The molecule has 0 aliphatic heterocycles. The van der Waals surface area contributed by atoms with Gasteiger partial charge in [0.1, 0.15) is 0 Å². The smallest absolute Gasteiger partial charge is 0.294 e. The van der Waals surface area contributed by atoms with Crippen LogP contribution < -0.4 is 9.60 Å². The van der Waals surface area contributed by atoms with Gasteiger partial charge in [-0.15, -0.1) is 0 Å². The summed E-state index contributed by atoms with van der Waals surface area (Å²) in [5.41, 5.74) is 4.82. The number of sulfonamides is 1. The fourth-order valence-corrected chi connectivity index (χ4v) is 5.97. The quantitative estimate of drug-likeness (QED) is 0.458. The molecule has 1 atom stereocenters. The summed E-state index contributed by atoms with van der Waals surface area (Å²) in [6, 6.07) is 20.2. The van der Waals surface area contributed by atoms with Crippen molar-refractivity contribution in [3.05, 3.63) is 98.7 Å². The first-order chi connectivity index (χ1) is 14.7. The summed E-state index contributed by atoms with van der Waals surface area (Å²) in [6.45, 7) is 6.25. The summed E-state index contributed by atoms with van der Waals surface area (Å²) in [5, 5.41) is 0. The maximum absolute atomic E-state index is 13.0. The number of benzene rings is 3. The van der Waals surface area contributed by atoms with Crippen LogP contribution in [0.4, 0.5) is 0 Å². The average molecular weight is 453 g/mol. The molecule has 4 rings (SSSR count). The number of fused-ring (bicyclic) bond motifs is 1. The Labute approximate surface area is 186 Å². The molecule has 160 valence electrons. The van der Waals surface area contributed by atoms with E-state index in [1.54, 1.807) is 22.8 Å². The third-order valence-electron chi connectivity index (χ3n) is 5.37. The van der Waals surface area contributed by atoms with E-state index in [2.05, 4.69) is 4.72 Å². The van der Waals surface area contributed by atoms with Crippen LogP contribution in [0.25, 0.3) is 10.2 Å². The van der Waals surface area contributed by atoms with E-state index in [1.165, 1.54) is 0 Å². The van der Waals surface area contributed by atoms with Crippen molar-refractivity contribution < 1.29 is 8.42 Å². The van der Waals surface area contributed by atoms with Crippen molar-refractivity contribution in [1.82, 2.24) is 9.29 Å². The highest BCUT2D eigenvalue weighted by atomic mass is 32.2. The molecule has 1 aromatic heterocycles. The number of nitrogens with zero attached hydrogens (tertiary/aromatic N) is 1. The van der Waals surface area contributed by atoms with Gasteiger partial charge in [-0.3, -0.25) is 9.36 Å². The standard InChI is InChI=1S/C24H24N2O3S2/c1-16-9-10-17(2)21(13-16)18(3)25-31(28,29)20-11-12-22-23(14-20)30-24(27)26(22)15-19-7-5-4-6-8-19/h4-14,18,25H,15H2,1-3H3. The van der Waals surface area contributed by atoms with Crippen molar-refractivity contribution in [2.45, 2.75) is 38.3 Å². The third-order valence-corrected chi connectivity index (χ3v) is 7.85. The number of rotatable bonds is 6. The molecule has 0 aliphatic carbocycles. The summed E-state index contributed by atoms with van der Waals surface area (Å²) in [6.07, 6.45) is 0. The molecule has 1 unspecified atom stereocenters. The summed E-state index contributed by atoms with van der Waals surface area (Å²) >= 11 is 1.06. The highest BCUT2D eigenvalue weighted by molar-refractivity contribution is 7.89. The molecule has 7 heteroatoms. The average Bonchev–Trinajstić information content (AvgIpc) is 3.04. The van der Waals surface area contributed by atoms with Gasteiger partial charge in [0.15, 0.2) is 0 Å². The second kappa shape index (κ2) is 8.42. The van der Waals surface area contributed by atoms with Crippen LogP contribution in [0.2, 0.25) is 0 Å². The lowest BCUT2D eigenvalue weighted by Crippen LogP contribution is -2.27. The zero-order chi connectivity index (χ0) is 22.2. The molecule has 0 saturated carbocycles. The molecular formula is C24H24N2O3S2. The van der Waals surface area contributed by atoms with Crippen LogP contribution in [0.15, 0.2) is 76.4 Å². The van der Waals surface area contributed by atoms with E-state index < -0.39 is 10.0 Å². The molecule has 0 aliphatic rings. The first-order valence-electron chi connectivity index (χ1n) is 10.0. The lowest BCUT2D eigenvalue weighted by atomic mass is 10.0. The van der Waals surface area contributed by atoms with Crippen molar-refractivity contribution >= 4 is 31.6 Å². The molecular weight excluding hydrogens is 428 g/mol. The Bertz CT molecular complexity index is 1400. The topological polar surface area (TPSA) is 68.2 Å². The monoisotopic (exact) mass is 452 g/mol. The number of nitrogens with one attached hydrogen (secondary N) is 1. The van der Waals surface area contributed by atoms with Gasteiger partial charge in [0.25, 0.3) is 0 Å². The van der Waals surface area contributed by atoms with E-state index in [0.29, 0.717) is 11.2 Å². The predicted octanol–water partition coefficient (Wildman–Crippen LogP) is 4.77. The Kier molecular flexibility index (Phi) is 5.83. The van der Waals surface area contributed by atoms with Crippen LogP contribution >= 0.6 is 11.3 Å². The molecule has 0 fully saturated rings. The number of hydrogen-bond donors (Lipinski definition) is 1. The number of aryl methyl sites for hydroxylation is 2. The third kappa shape index (κ3) is 4.49. The Morgan fingerprint density at radius 1 is 1.00 bits per heavy atom. The summed E-state index contributed by atoms with van der Waals surface area (Å²) in [7, 11) is -3.75. The fraction of sp³-hybridized carbons (Fsp3) is 0.208. The van der Waals surface area contributed by atoms with Gasteiger partial charge in [-0.25, -0.2) is 13.1 Å². The zero-order valence-corrected chi connectivity index (χ0v) is 19.3. The molecule has 4 aromatic rings. The maximum atomic E-state index is 13.0. The van der Waals surface area contributed by atoms with Crippen molar-refractivity contribution in [1.29, 1.82) is 0 Å². The summed E-state index contributed by atoms with van der Waals surface area (Å²) < 4.78 is 31.2. The van der Waals surface area contributed by atoms with Crippen LogP contribution in [-0.4, -0.2) is 13.0 Å². The molecule has 0 amide bonds. The van der Waals surface area contributed by atoms with Crippen molar-refractivity contribution in [2.75, 3.05) is 0 Å². The molecule has 1 heterocycles. The van der Waals surface area contributed by atoms with E-state index in [-0.39, 0.29) is 15.8 Å². The van der Waals surface area contributed by atoms with Crippen molar-refractivity contribution in [3.63, 3.8) is 0 Å². The predicted molar refractivity (Wildman–Crippen MR) is 126 cm³/mol. The zero-order valence-electron chi connectivity index (χ0n) is 17.6. The van der Waals surface area contributed by atoms with Crippen molar-refractivity contribution in [3.8, 4) is 0 Å². The van der Waals surface area contributed by atoms with Gasteiger partial charge >= 0.3 is 4.87 Å². The highest BCUT2D eigenvalue weighted by Gasteiger charge is 2.21. The van der Waals surface area contributed by atoms with Crippen LogP contribution in [0.1, 0.15) is 35.2 Å². The number of aromatic nitrogens is 1.